The summed E-state index contributed by atoms with van der Waals surface area (Å²) in [6.07, 6.45) is 5.26. The first-order valence-corrected chi connectivity index (χ1v) is 5.98. The van der Waals surface area contributed by atoms with Crippen LogP contribution in [0.25, 0.3) is 0 Å². The number of carbonyl (C=O) groups is 1. The molecule has 0 radical (unpaired) electrons. The SMILES string of the molecule is Cl.O=C(NC1CCOCC1)[C@H]1CCCCN1. The van der Waals surface area contributed by atoms with Gasteiger partial charge >= 0.3 is 0 Å². The van der Waals surface area contributed by atoms with E-state index >= 15 is 0 Å². The number of piperidine rings is 1. The Hall–Kier alpha value is -0.320. The van der Waals surface area contributed by atoms with Gasteiger partial charge in [-0.2, -0.15) is 0 Å². The molecule has 2 rings (SSSR count). The normalized spacial score (nSPS) is 26.9. The molecule has 0 aromatic heterocycles. The summed E-state index contributed by atoms with van der Waals surface area (Å²) >= 11 is 0. The van der Waals surface area contributed by atoms with E-state index < -0.39 is 0 Å². The molecule has 1 amide bonds. The second-order valence-corrected chi connectivity index (χ2v) is 4.40. The fourth-order valence-electron chi connectivity index (χ4n) is 2.22. The highest BCUT2D eigenvalue weighted by Gasteiger charge is 2.23. The zero-order chi connectivity index (χ0) is 10.5. The molecule has 0 saturated carbocycles. The highest BCUT2D eigenvalue weighted by molar-refractivity contribution is 5.85. The van der Waals surface area contributed by atoms with Crippen LogP contribution in [0.15, 0.2) is 0 Å². The number of hydrogen-bond donors (Lipinski definition) is 2. The van der Waals surface area contributed by atoms with Crippen molar-refractivity contribution in [3.8, 4) is 0 Å². The zero-order valence-electron chi connectivity index (χ0n) is 9.54. The first kappa shape index (κ1) is 13.7. The molecule has 0 spiro atoms. The maximum atomic E-state index is 11.9. The van der Waals surface area contributed by atoms with Crippen molar-refractivity contribution < 1.29 is 9.53 Å². The molecular weight excluding hydrogens is 228 g/mol. The average molecular weight is 249 g/mol. The lowest BCUT2D eigenvalue weighted by atomic mass is 10.0. The van der Waals surface area contributed by atoms with Crippen LogP contribution >= 0.6 is 12.4 Å². The lowest BCUT2D eigenvalue weighted by Crippen LogP contribution is -2.50. The van der Waals surface area contributed by atoms with Gasteiger partial charge < -0.3 is 15.4 Å². The van der Waals surface area contributed by atoms with E-state index in [2.05, 4.69) is 10.6 Å². The number of halogens is 1. The van der Waals surface area contributed by atoms with Crippen LogP contribution in [0.5, 0.6) is 0 Å². The summed E-state index contributed by atoms with van der Waals surface area (Å²) in [5.74, 6) is 0.182. The van der Waals surface area contributed by atoms with E-state index in [1.54, 1.807) is 0 Å². The van der Waals surface area contributed by atoms with Crippen molar-refractivity contribution in [2.75, 3.05) is 19.8 Å². The fourth-order valence-corrected chi connectivity index (χ4v) is 2.22. The Morgan fingerprint density at radius 1 is 1.19 bits per heavy atom. The van der Waals surface area contributed by atoms with E-state index in [4.69, 9.17) is 4.74 Å². The summed E-state index contributed by atoms with van der Waals surface area (Å²) in [6, 6.07) is 0.372. The van der Waals surface area contributed by atoms with Gasteiger partial charge in [-0.1, -0.05) is 6.42 Å². The van der Waals surface area contributed by atoms with E-state index in [0.29, 0.717) is 6.04 Å². The molecule has 2 heterocycles. The Balaban J connectivity index is 0.00000128. The number of nitrogens with one attached hydrogen (secondary N) is 2. The van der Waals surface area contributed by atoms with E-state index in [9.17, 15) is 4.79 Å². The molecule has 2 fully saturated rings. The molecule has 94 valence electrons. The molecule has 0 aromatic carbocycles. The molecule has 2 aliphatic rings. The van der Waals surface area contributed by atoms with Gasteiger partial charge in [0, 0.05) is 19.3 Å². The molecule has 0 aliphatic carbocycles. The lowest BCUT2D eigenvalue weighted by molar-refractivity contribution is -0.125. The predicted octanol–water partition coefficient (Wildman–Crippen LogP) is 0.845. The summed E-state index contributed by atoms with van der Waals surface area (Å²) in [5, 5.41) is 6.37. The van der Waals surface area contributed by atoms with Gasteiger partial charge in [-0.3, -0.25) is 4.79 Å². The summed E-state index contributed by atoms with van der Waals surface area (Å²) < 4.78 is 5.26. The number of hydrogen-bond acceptors (Lipinski definition) is 3. The summed E-state index contributed by atoms with van der Waals surface area (Å²) in [7, 11) is 0. The summed E-state index contributed by atoms with van der Waals surface area (Å²) in [5.41, 5.74) is 0. The molecule has 0 unspecified atom stereocenters. The Morgan fingerprint density at radius 3 is 2.56 bits per heavy atom. The Morgan fingerprint density at radius 2 is 1.94 bits per heavy atom. The number of carbonyl (C=O) groups excluding carboxylic acids is 1. The van der Waals surface area contributed by atoms with Crippen LogP contribution in [-0.4, -0.2) is 37.7 Å². The van der Waals surface area contributed by atoms with Gasteiger partial charge in [0.1, 0.15) is 0 Å². The predicted molar refractivity (Wildman–Crippen MR) is 64.9 cm³/mol. The van der Waals surface area contributed by atoms with Crippen molar-refractivity contribution in [2.24, 2.45) is 0 Å². The largest absolute Gasteiger partial charge is 0.381 e. The monoisotopic (exact) mass is 248 g/mol. The third kappa shape index (κ3) is 3.92. The minimum absolute atomic E-state index is 0. The molecule has 5 heteroatoms. The smallest absolute Gasteiger partial charge is 0.237 e. The van der Waals surface area contributed by atoms with Crippen molar-refractivity contribution >= 4 is 18.3 Å². The molecule has 0 bridgehead atoms. The molecular formula is C11H21ClN2O2. The molecule has 2 aliphatic heterocycles. The molecule has 4 nitrogen and oxygen atoms in total. The maximum Gasteiger partial charge on any atom is 0.237 e. The van der Waals surface area contributed by atoms with Crippen molar-refractivity contribution in [2.45, 2.75) is 44.2 Å². The maximum absolute atomic E-state index is 11.9. The van der Waals surface area contributed by atoms with Crippen molar-refractivity contribution in [1.29, 1.82) is 0 Å². The van der Waals surface area contributed by atoms with Crippen molar-refractivity contribution in [1.82, 2.24) is 10.6 Å². The number of rotatable bonds is 2. The number of amides is 1. The standard InChI is InChI=1S/C11H20N2O2.ClH/c14-11(10-3-1-2-6-12-10)13-9-4-7-15-8-5-9;/h9-10,12H,1-8H2,(H,13,14);1H/t10-;/m1./s1. The van der Waals surface area contributed by atoms with Crippen LogP contribution in [0.1, 0.15) is 32.1 Å². The van der Waals surface area contributed by atoms with E-state index in [0.717, 1.165) is 39.0 Å². The summed E-state index contributed by atoms with van der Waals surface area (Å²) in [4.78, 5) is 11.9. The van der Waals surface area contributed by atoms with Gasteiger partial charge in [-0.05, 0) is 32.2 Å². The molecule has 1 atom stereocenters. The second kappa shape index (κ2) is 7.09. The lowest BCUT2D eigenvalue weighted by Gasteiger charge is -2.27. The van der Waals surface area contributed by atoms with E-state index in [-0.39, 0.29) is 24.4 Å². The van der Waals surface area contributed by atoms with Gasteiger partial charge in [0.05, 0.1) is 6.04 Å². The van der Waals surface area contributed by atoms with Crippen molar-refractivity contribution in [3.63, 3.8) is 0 Å². The minimum Gasteiger partial charge on any atom is -0.381 e. The van der Waals surface area contributed by atoms with Crippen LogP contribution in [0.2, 0.25) is 0 Å². The number of ether oxygens (including phenoxy) is 1. The third-order valence-corrected chi connectivity index (χ3v) is 3.19. The Kier molecular flexibility index (Phi) is 6.09. The molecule has 2 N–H and O–H groups in total. The van der Waals surface area contributed by atoms with Gasteiger partial charge in [0.25, 0.3) is 0 Å². The van der Waals surface area contributed by atoms with Crippen LogP contribution in [0, 0.1) is 0 Å². The van der Waals surface area contributed by atoms with Gasteiger partial charge in [-0.15, -0.1) is 12.4 Å². The Bertz CT molecular complexity index is 214. The Labute approximate surface area is 103 Å². The average Bonchev–Trinajstić information content (AvgIpc) is 2.31. The quantitative estimate of drug-likeness (QED) is 0.762. The van der Waals surface area contributed by atoms with Crippen LogP contribution in [-0.2, 0) is 9.53 Å². The highest BCUT2D eigenvalue weighted by Crippen LogP contribution is 2.10. The summed E-state index contributed by atoms with van der Waals surface area (Å²) in [6.45, 7) is 2.54. The third-order valence-electron chi connectivity index (χ3n) is 3.19. The molecule has 2 saturated heterocycles. The minimum atomic E-state index is 0. The van der Waals surface area contributed by atoms with E-state index in [1.807, 2.05) is 0 Å². The van der Waals surface area contributed by atoms with Crippen LogP contribution < -0.4 is 10.6 Å². The molecule has 16 heavy (non-hydrogen) atoms. The topological polar surface area (TPSA) is 50.4 Å². The highest BCUT2D eigenvalue weighted by atomic mass is 35.5. The second-order valence-electron chi connectivity index (χ2n) is 4.40. The first-order valence-electron chi connectivity index (χ1n) is 5.98. The van der Waals surface area contributed by atoms with Gasteiger partial charge in [0.2, 0.25) is 5.91 Å². The zero-order valence-corrected chi connectivity index (χ0v) is 10.4. The molecule has 0 aromatic rings. The van der Waals surface area contributed by atoms with Crippen LogP contribution in [0.4, 0.5) is 0 Å². The van der Waals surface area contributed by atoms with Gasteiger partial charge in [0.15, 0.2) is 0 Å². The van der Waals surface area contributed by atoms with Crippen molar-refractivity contribution in [3.05, 3.63) is 0 Å². The fraction of sp³-hybridized carbons (Fsp3) is 0.909. The first-order chi connectivity index (χ1) is 7.36. The van der Waals surface area contributed by atoms with E-state index in [1.165, 1.54) is 12.8 Å². The van der Waals surface area contributed by atoms with Crippen LogP contribution in [0.3, 0.4) is 0 Å². The van der Waals surface area contributed by atoms with Gasteiger partial charge in [-0.25, -0.2) is 0 Å².